The van der Waals surface area contributed by atoms with Crippen LogP contribution in [0.5, 0.6) is 0 Å². The molecule has 1 N–H and O–H groups in total. The molecule has 0 aromatic carbocycles. The second kappa shape index (κ2) is 6.53. The minimum Gasteiger partial charge on any atom is -0.388 e. The normalized spacial score (nSPS) is 23.4. The number of rotatable bonds is 5. The van der Waals surface area contributed by atoms with E-state index in [0.29, 0.717) is 13.4 Å². The van der Waals surface area contributed by atoms with Crippen LogP contribution < -0.4 is 0 Å². The Labute approximate surface area is 105 Å². The van der Waals surface area contributed by atoms with Gasteiger partial charge < -0.3 is 14.6 Å². The Hall–Kier alpha value is -0.380. The molecule has 0 unspecified atom stereocenters. The minimum absolute atomic E-state index is 0.0181. The van der Waals surface area contributed by atoms with Gasteiger partial charge in [0.1, 0.15) is 6.79 Å². The highest BCUT2D eigenvalue weighted by atomic mass is 16.7. The Bertz CT molecular complexity index is 253. The molecule has 2 atom stereocenters. The van der Waals surface area contributed by atoms with Crippen molar-refractivity contribution in [1.29, 1.82) is 0 Å². The van der Waals surface area contributed by atoms with Crippen molar-refractivity contribution in [3.63, 3.8) is 0 Å². The van der Waals surface area contributed by atoms with Crippen molar-refractivity contribution in [2.75, 3.05) is 13.4 Å². The van der Waals surface area contributed by atoms with E-state index < -0.39 is 6.10 Å². The number of allylic oxidation sites excluding steroid dienone is 1. The lowest BCUT2D eigenvalue weighted by Crippen LogP contribution is -2.36. The van der Waals surface area contributed by atoms with Gasteiger partial charge in [0, 0.05) is 6.61 Å². The van der Waals surface area contributed by atoms with Crippen LogP contribution in [0.25, 0.3) is 0 Å². The Balaban J connectivity index is 2.62. The molecule has 1 aliphatic rings. The molecule has 0 aromatic heterocycles. The molecular weight excluding hydrogens is 216 g/mol. The molecule has 17 heavy (non-hydrogen) atoms. The molecule has 1 rings (SSSR count). The number of aliphatic hydroxyl groups is 1. The van der Waals surface area contributed by atoms with Gasteiger partial charge in [-0.1, -0.05) is 26.8 Å². The van der Waals surface area contributed by atoms with Crippen molar-refractivity contribution in [1.82, 2.24) is 0 Å². The van der Waals surface area contributed by atoms with Crippen molar-refractivity contribution >= 4 is 0 Å². The van der Waals surface area contributed by atoms with Crippen LogP contribution in [-0.4, -0.2) is 30.7 Å². The molecule has 3 heteroatoms. The molecule has 0 heterocycles. The molecule has 0 radical (unpaired) electrons. The molecule has 3 nitrogen and oxygen atoms in total. The van der Waals surface area contributed by atoms with Crippen molar-refractivity contribution in [3.8, 4) is 0 Å². The first-order valence-corrected chi connectivity index (χ1v) is 6.54. The van der Waals surface area contributed by atoms with Gasteiger partial charge in [0.05, 0.1) is 12.2 Å². The SMILES string of the molecule is CCOCO[C@H]1CCCC=C1[C@@H](O)C(C)(C)C. The van der Waals surface area contributed by atoms with Gasteiger partial charge in [0.25, 0.3) is 0 Å². The Morgan fingerprint density at radius 2 is 2.18 bits per heavy atom. The third kappa shape index (κ3) is 4.41. The Morgan fingerprint density at radius 1 is 1.47 bits per heavy atom. The quantitative estimate of drug-likeness (QED) is 0.458. The highest BCUT2D eigenvalue weighted by Gasteiger charge is 2.31. The summed E-state index contributed by atoms with van der Waals surface area (Å²) in [4.78, 5) is 0. The average Bonchev–Trinajstić information content (AvgIpc) is 2.28. The fraction of sp³-hybridized carbons (Fsp3) is 0.857. The fourth-order valence-electron chi connectivity index (χ4n) is 2.05. The smallest absolute Gasteiger partial charge is 0.147 e. The maximum Gasteiger partial charge on any atom is 0.147 e. The summed E-state index contributed by atoms with van der Waals surface area (Å²) in [6.07, 6.45) is 4.86. The monoisotopic (exact) mass is 242 g/mol. The third-order valence-electron chi connectivity index (χ3n) is 3.11. The van der Waals surface area contributed by atoms with Crippen molar-refractivity contribution < 1.29 is 14.6 Å². The van der Waals surface area contributed by atoms with Crippen LogP contribution >= 0.6 is 0 Å². The summed E-state index contributed by atoms with van der Waals surface area (Å²) in [5, 5.41) is 10.3. The van der Waals surface area contributed by atoms with E-state index in [1.54, 1.807) is 0 Å². The van der Waals surface area contributed by atoms with Crippen LogP contribution in [0.4, 0.5) is 0 Å². The lowest BCUT2D eigenvalue weighted by molar-refractivity contribution is -0.0865. The van der Waals surface area contributed by atoms with Gasteiger partial charge in [-0.2, -0.15) is 0 Å². The lowest BCUT2D eigenvalue weighted by atomic mass is 9.79. The summed E-state index contributed by atoms with van der Waals surface area (Å²) in [6.45, 7) is 9.07. The molecule has 0 amide bonds. The largest absolute Gasteiger partial charge is 0.388 e. The van der Waals surface area contributed by atoms with Crippen LogP contribution in [0, 0.1) is 5.41 Å². The van der Waals surface area contributed by atoms with Crippen molar-refractivity contribution in [3.05, 3.63) is 11.6 Å². The molecule has 0 aromatic rings. The summed E-state index contributed by atoms with van der Waals surface area (Å²) in [5.41, 5.74) is 0.889. The predicted molar refractivity (Wildman–Crippen MR) is 68.8 cm³/mol. The van der Waals surface area contributed by atoms with Gasteiger partial charge in [-0.3, -0.25) is 0 Å². The second-order valence-corrected chi connectivity index (χ2v) is 5.67. The minimum atomic E-state index is -0.436. The van der Waals surface area contributed by atoms with E-state index in [4.69, 9.17) is 9.47 Å². The Kier molecular flexibility index (Phi) is 5.63. The lowest BCUT2D eigenvalue weighted by Gasteiger charge is -2.34. The van der Waals surface area contributed by atoms with Gasteiger partial charge in [-0.05, 0) is 37.2 Å². The van der Waals surface area contributed by atoms with Crippen LogP contribution in [0.1, 0.15) is 47.0 Å². The zero-order chi connectivity index (χ0) is 12.9. The molecular formula is C14H26O3. The van der Waals surface area contributed by atoms with Gasteiger partial charge in [-0.25, -0.2) is 0 Å². The molecule has 0 spiro atoms. The molecule has 1 aliphatic carbocycles. The van der Waals surface area contributed by atoms with Crippen molar-refractivity contribution in [2.24, 2.45) is 5.41 Å². The number of hydrogen-bond donors (Lipinski definition) is 1. The summed E-state index contributed by atoms with van der Waals surface area (Å²) >= 11 is 0. The summed E-state index contributed by atoms with van der Waals surface area (Å²) in [7, 11) is 0. The first kappa shape index (κ1) is 14.7. The van der Waals surface area contributed by atoms with E-state index in [2.05, 4.69) is 6.08 Å². The van der Waals surface area contributed by atoms with E-state index in [1.165, 1.54) is 0 Å². The van der Waals surface area contributed by atoms with E-state index >= 15 is 0 Å². The van der Waals surface area contributed by atoms with Gasteiger partial charge in [0.15, 0.2) is 0 Å². The second-order valence-electron chi connectivity index (χ2n) is 5.67. The zero-order valence-corrected chi connectivity index (χ0v) is 11.5. The number of ether oxygens (including phenoxy) is 2. The van der Waals surface area contributed by atoms with Gasteiger partial charge in [0.2, 0.25) is 0 Å². The number of hydrogen-bond acceptors (Lipinski definition) is 3. The maximum atomic E-state index is 10.3. The average molecular weight is 242 g/mol. The van der Waals surface area contributed by atoms with Crippen LogP contribution in [0.15, 0.2) is 11.6 Å². The summed E-state index contributed by atoms with van der Waals surface area (Å²) in [5.74, 6) is 0. The highest BCUT2D eigenvalue weighted by Crippen LogP contribution is 2.32. The van der Waals surface area contributed by atoms with E-state index in [9.17, 15) is 5.11 Å². The summed E-state index contributed by atoms with van der Waals surface area (Å²) in [6, 6.07) is 0. The maximum absolute atomic E-state index is 10.3. The molecule has 0 aliphatic heterocycles. The van der Waals surface area contributed by atoms with Crippen LogP contribution in [0.2, 0.25) is 0 Å². The molecule has 0 saturated heterocycles. The van der Waals surface area contributed by atoms with Crippen LogP contribution in [-0.2, 0) is 9.47 Å². The highest BCUT2D eigenvalue weighted by molar-refractivity contribution is 5.18. The topological polar surface area (TPSA) is 38.7 Å². The summed E-state index contributed by atoms with van der Waals surface area (Å²) < 4.78 is 10.9. The van der Waals surface area contributed by atoms with E-state index in [0.717, 1.165) is 24.8 Å². The first-order valence-electron chi connectivity index (χ1n) is 6.54. The van der Waals surface area contributed by atoms with Crippen LogP contribution in [0.3, 0.4) is 0 Å². The number of aliphatic hydroxyl groups excluding tert-OH is 1. The van der Waals surface area contributed by atoms with E-state index in [-0.39, 0.29) is 11.5 Å². The van der Waals surface area contributed by atoms with E-state index in [1.807, 2.05) is 27.7 Å². The molecule has 100 valence electrons. The zero-order valence-electron chi connectivity index (χ0n) is 11.5. The standard InChI is InChI=1S/C14H26O3/c1-5-16-10-17-12-9-7-6-8-11(12)13(15)14(2,3)4/h8,12-13,15H,5-7,9-10H2,1-4H3/t12-,13+/m0/s1. The first-order chi connectivity index (χ1) is 7.96. The molecule has 0 saturated carbocycles. The van der Waals surface area contributed by atoms with Gasteiger partial charge in [-0.15, -0.1) is 0 Å². The molecule has 0 bridgehead atoms. The predicted octanol–water partition coefficient (Wildman–Crippen LogP) is 2.88. The Morgan fingerprint density at radius 3 is 2.76 bits per heavy atom. The molecule has 0 fully saturated rings. The van der Waals surface area contributed by atoms with Gasteiger partial charge >= 0.3 is 0 Å². The van der Waals surface area contributed by atoms with Crippen molar-refractivity contribution in [2.45, 2.75) is 59.2 Å². The fourth-order valence-corrected chi connectivity index (χ4v) is 2.05. The third-order valence-corrected chi connectivity index (χ3v) is 3.11.